The summed E-state index contributed by atoms with van der Waals surface area (Å²) in [6.45, 7) is 8.62. The maximum Gasteiger partial charge on any atom is 0.243 e. The Labute approximate surface area is 181 Å². The van der Waals surface area contributed by atoms with Crippen LogP contribution >= 0.6 is 0 Å². The van der Waals surface area contributed by atoms with Gasteiger partial charge in [-0.1, -0.05) is 62.7 Å². The van der Waals surface area contributed by atoms with Gasteiger partial charge in [0.15, 0.2) is 0 Å². The fraction of sp³-hybridized carbons (Fsp3) is 0.458. The number of hydrogen-bond donors (Lipinski definition) is 1. The monoisotopic (exact) mass is 430 g/mol. The number of rotatable bonds is 10. The largest absolute Gasteiger partial charge is 0.354 e. The molecule has 1 atom stereocenters. The topological polar surface area (TPSA) is 66.5 Å². The van der Waals surface area contributed by atoms with Crippen molar-refractivity contribution in [3.05, 3.63) is 65.2 Å². The maximum atomic E-state index is 12.8. The third kappa shape index (κ3) is 6.59. The number of benzene rings is 2. The molecule has 2 rings (SSSR count). The normalized spacial score (nSPS) is 12.6. The van der Waals surface area contributed by atoms with Crippen molar-refractivity contribution in [3.63, 3.8) is 0 Å². The number of hydrogen-bond acceptors (Lipinski definition) is 3. The first-order valence-electron chi connectivity index (χ1n) is 10.6. The molecule has 0 heterocycles. The summed E-state index contributed by atoms with van der Waals surface area (Å²) in [7, 11) is -3.60. The third-order valence-electron chi connectivity index (χ3n) is 5.21. The average molecular weight is 431 g/mol. The summed E-state index contributed by atoms with van der Waals surface area (Å²) in [6.07, 6.45) is 3.20. The van der Waals surface area contributed by atoms with E-state index in [0.717, 1.165) is 24.7 Å². The Bertz CT molecular complexity index is 920. The van der Waals surface area contributed by atoms with Gasteiger partial charge in [0.1, 0.15) is 6.04 Å². The van der Waals surface area contributed by atoms with Gasteiger partial charge in [-0.3, -0.25) is 9.10 Å². The second-order valence-corrected chi connectivity index (χ2v) is 9.97. The molecule has 6 heteroatoms. The van der Waals surface area contributed by atoms with E-state index < -0.39 is 16.1 Å². The highest BCUT2D eigenvalue weighted by molar-refractivity contribution is 7.92. The van der Waals surface area contributed by atoms with E-state index in [-0.39, 0.29) is 5.91 Å². The van der Waals surface area contributed by atoms with Gasteiger partial charge in [-0.05, 0) is 55.4 Å². The van der Waals surface area contributed by atoms with E-state index in [9.17, 15) is 13.2 Å². The molecule has 0 spiro atoms. The summed E-state index contributed by atoms with van der Waals surface area (Å²) >= 11 is 0. The van der Waals surface area contributed by atoms with Gasteiger partial charge in [0, 0.05) is 6.54 Å². The van der Waals surface area contributed by atoms with Gasteiger partial charge in [-0.2, -0.15) is 0 Å². The molecule has 0 bridgehead atoms. The molecule has 0 aliphatic rings. The zero-order valence-electron chi connectivity index (χ0n) is 18.7. The van der Waals surface area contributed by atoms with Crippen LogP contribution in [0.3, 0.4) is 0 Å². The van der Waals surface area contributed by atoms with Crippen molar-refractivity contribution in [2.75, 3.05) is 17.1 Å². The molecule has 0 fully saturated rings. The van der Waals surface area contributed by atoms with E-state index in [0.29, 0.717) is 24.6 Å². The van der Waals surface area contributed by atoms with Crippen LogP contribution in [-0.4, -0.2) is 33.2 Å². The molecule has 1 N–H and O–H groups in total. The van der Waals surface area contributed by atoms with Crippen molar-refractivity contribution in [2.45, 2.75) is 58.9 Å². The first-order valence-corrected chi connectivity index (χ1v) is 12.4. The fourth-order valence-corrected chi connectivity index (χ4v) is 4.65. The zero-order valence-corrected chi connectivity index (χ0v) is 19.5. The van der Waals surface area contributed by atoms with Crippen LogP contribution in [0, 0.1) is 6.92 Å². The SMILES string of the molecule is CC[C@H](C(=O)NCCCc1ccc(C(C)C)cc1)N(c1ccc(C)cc1)S(C)(=O)=O. The number of anilines is 1. The molecule has 164 valence electrons. The zero-order chi connectivity index (χ0) is 22.3. The predicted molar refractivity (Wildman–Crippen MR) is 124 cm³/mol. The van der Waals surface area contributed by atoms with Gasteiger partial charge < -0.3 is 5.32 Å². The van der Waals surface area contributed by atoms with E-state index in [1.54, 1.807) is 12.1 Å². The summed E-state index contributed by atoms with van der Waals surface area (Å²) < 4.78 is 26.1. The number of carbonyl (C=O) groups is 1. The van der Waals surface area contributed by atoms with E-state index >= 15 is 0 Å². The van der Waals surface area contributed by atoms with E-state index in [2.05, 4.69) is 43.4 Å². The third-order valence-corrected chi connectivity index (χ3v) is 6.39. The molecular weight excluding hydrogens is 396 g/mol. The summed E-state index contributed by atoms with van der Waals surface area (Å²) in [5.74, 6) is 0.245. The summed E-state index contributed by atoms with van der Waals surface area (Å²) in [4.78, 5) is 12.8. The van der Waals surface area contributed by atoms with E-state index in [1.165, 1.54) is 15.4 Å². The Morgan fingerprint density at radius 3 is 2.13 bits per heavy atom. The molecular formula is C24H34N2O3S. The molecule has 0 aliphatic carbocycles. The lowest BCUT2D eigenvalue weighted by Gasteiger charge is -2.30. The molecule has 2 aromatic carbocycles. The first-order chi connectivity index (χ1) is 14.1. The number of nitrogens with zero attached hydrogens (tertiary/aromatic N) is 1. The Hall–Kier alpha value is -2.34. The van der Waals surface area contributed by atoms with Gasteiger partial charge in [0.25, 0.3) is 0 Å². The summed E-state index contributed by atoms with van der Waals surface area (Å²) in [5.41, 5.74) is 4.09. The lowest BCUT2D eigenvalue weighted by Crippen LogP contribution is -2.49. The molecule has 0 aliphatic heterocycles. The van der Waals surface area contributed by atoms with Gasteiger partial charge >= 0.3 is 0 Å². The molecule has 2 aromatic rings. The highest BCUT2D eigenvalue weighted by Gasteiger charge is 2.31. The molecule has 0 saturated heterocycles. The van der Waals surface area contributed by atoms with Gasteiger partial charge in [0.05, 0.1) is 11.9 Å². The standard InChI is InChI=1S/C24H34N2O3S/c1-6-23(26(30(5,28)29)22-15-9-19(4)10-16-22)24(27)25-17-7-8-20-11-13-21(14-12-20)18(2)3/h9-16,18,23H,6-8,17H2,1-5H3,(H,25,27)/t23-/m1/s1. The second-order valence-electron chi connectivity index (χ2n) is 8.11. The molecule has 0 aromatic heterocycles. The van der Waals surface area contributed by atoms with Gasteiger partial charge in [0.2, 0.25) is 15.9 Å². The number of carbonyl (C=O) groups excluding carboxylic acids is 1. The summed E-state index contributed by atoms with van der Waals surface area (Å²) in [6, 6.07) is 15.0. The molecule has 0 radical (unpaired) electrons. The highest BCUT2D eigenvalue weighted by atomic mass is 32.2. The van der Waals surface area contributed by atoms with Crippen LogP contribution < -0.4 is 9.62 Å². The Morgan fingerprint density at radius 2 is 1.63 bits per heavy atom. The fourth-order valence-electron chi connectivity index (χ4n) is 3.44. The van der Waals surface area contributed by atoms with E-state index in [4.69, 9.17) is 0 Å². The smallest absolute Gasteiger partial charge is 0.243 e. The van der Waals surface area contributed by atoms with Crippen molar-refractivity contribution in [2.24, 2.45) is 0 Å². The molecule has 30 heavy (non-hydrogen) atoms. The molecule has 1 amide bonds. The van der Waals surface area contributed by atoms with Gasteiger partial charge in [-0.25, -0.2) is 8.42 Å². The first kappa shape index (κ1) is 23.9. The average Bonchev–Trinajstić information content (AvgIpc) is 2.69. The van der Waals surface area contributed by atoms with Crippen molar-refractivity contribution in [3.8, 4) is 0 Å². The minimum absolute atomic E-state index is 0.265. The minimum atomic E-state index is -3.60. The Kier molecular flexibility index (Phi) is 8.47. The van der Waals surface area contributed by atoms with Crippen LogP contribution in [0.5, 0.6) is 0 Å². The van der Waals surface area contributed by atoms with Crippen molar-refractivity contribution in [1.29, 1.82) is 0 Å². The van der Waals surface area contributed by atoms with Crippen LogP contribution in [-0.2, 0) is 21.2 Å². The summed E-state index contributed by atoms with van der Waals surface area (Å²) in [5, 5.41) is 2.92. The molecule has 0 saturated carbocycles. The lowest BCUT2D eigenvalue weighted by atomic mass is 10.0. The predicted octanol–water partition coefficient (Wildman–Crippen LogP) is 4.41. The molecule has 0 unspecified atom stereocenters. The number of sulfonamides is 1. The maximum absolute atomic E-state index is 12.8. The molecule has 5 nitrogen and oxygen atoms in total. The van der Waals surface area contributed by atoms with Gasteiger partial charge in [-0.15, -0.1) is 0 Å². The van der Waals surface area contributed by atoms with E-state index in [1.807, 2.05) is 26.0 Å². The van der Waals surface area contributed by atoms with Crippen LogP contribution in [0.4, 0.5) is 5.69 Å². The van der Waals surface area contributed by atoms with Crippen LogP contribution in [0.2, 0.25) is 0 Å². The van der Waals surface area contributed by atoms with Crippen LogP contribution in [0.1, 0.15) is 56.2 Å². The van der Waals surface area contributed by atoms with Crippen molar-refractivity contribution >= 4 is 21.6 Å². The number of amides is 1. The van der Waals surface area contributed by atoms with Crippen LogP contribution in [0.25, 0.3) is 0 Å². The lowest BCUT2D eigenvalue weighted by molar-refractivity contribution is -0.122. The van der Waals surface area contributed by atoms with Crippen molar-refractivity contribution in [1.82, 2.24) is 5.32 Å². The Balaban J connectivity index is 1.99. The Morgan fingerprint density at radius 1 is 1.03 bits per heavy atom. The van der Waals surface area contributed by atoms with Crippen LogP contribution in [0.15, 0.2) is 48.5 Å². The number of nitrogens with one attached hydrogen (secondary N) is 1. The number of aryl methyl sites for hydroxylation is 2. The minimum Gasteiger partial charge on any atom is -0.354 e. The quantitative estimate of drug-likeness (QED) is 0.568. The second kappa shape index (κ2) is 10.6. The highest BCUT2D eigenvalue weighted by Crippen LogP contribution is 2.23. The van der Waals surface area contributed by atoms with Crippen molar-refractivity contribution < 1.29 is 13.2 Å².